The lowest BCUT2D eigenvalue weighted by atomic mass is 10.0. The van der Waals surface area contributed by atoms with E-state index in [1.165, 1.54) is 5.56 Å². The van der Waals surface area contributed by atoms with Crippen molar-refractivity contribution in [2.75, 3.05) is 0 Å². The molecule has 16 heavy (non-hydrogen) atoms. The summed E-state index contributed by atoms with van der Waals surface area (Å²) in [5.41, 5.74) is 2.10. The normalized spacial score (nSPS) is 10.2. The van der Waals surface area contributed by atoms with Crippen molar-refractivity contribution in [3.8, 4) is 0 Å². The van der Waals surface area contributed by atoms with E-state index in [4.69, 9.17) is 5.11 Å². The Bertz CT molecular complexity index is 382. The van der Waals surface area contributed by atoms with E-state index in [1.54, 1.807) is 0 Å². The largest absolute Gasteiger partial charge is 0.474 e. The van der Waals surface area contributed by atoms with Crippen LogP contribution in [0.4, 0.5) is 0 Å². The molecule has 1 amide bonds. The van der Waals surface area contributed by atoms with Gasteiger partial charge >= 0.3 is 11.9 Å². The first kappa shape index (κ1) is 12.2. The first-order chi connectivity index (χ1) is 7.50. The third-order valence-electron chi connectivity index (χ3n) is 2.29. The summed E-state index contributed by atoms with van der Waals surface area (Å²) < 4.78 is 0. The second kappa shape index (κ2) is 5.30. The Balaban J connectivity index is 2.56. The quantitative estimate of drug-likeness (QED) is 0.760. The molecule has 0 fully saturated rings. The van der Waals surface area contributed by atoms with E-state index >= 15 is 0 Å². The molecule has 0 heterocycles. The van der Waals surface area contributed by atoms with Crippen LogP contribution < -0.4 is 5.32 Å². The van der Waals surface area contributed by atoms with Gasteiger partial charge in [0, 0.05) is 6.54 Å². The van der Waals surface area contributed by atoms with Crippen LogP contribution in [0.1, 0.15) is 30.9 Å². The maximum absolute atomic E-state index is 10.8. The molecule has 4 nitrogen and oxygen atoms in total. The van der Waals surface area contributed by atoms with Crippen LogP contribution in [-0.4, -0.2) is 17.0 Å². The maximum Gasteiger partial charge on any atom is 0.394 e. The van der Waals surface area contributed by atoms with Gasteiger partial charge in [0.15, 0.2) is 0 Å². The predicted octanol–water partition coefficient (Wildman–Crippen LogP) is 1.51. The summed E-state index contributed by atoms with van der Waals surface area (Å²) in [6, 6.07) is 7.73. The van der Waals surface area contributed by atoms with Crippen molar-refractivity contribution in [3.63, 3.8) is 0 Å². The van der Waals surface area contributed by atoms with Crippen LogP contribution in [-0.2, 0) is 16.1 Å². The summed E-state index contributed by atoms with van der Waals surface area (Å²) in [6.45, 7) is 4.44. The lowest BCUT2D eigenvalue weighted by Gasteiger charge is -2.07. The highest BCUT2D eigenvalue weighted by atomic mass is 16.4. The molecule has 0 aliphatic rings. The van der Waals surface area contributed by atoms with E-state index in [1.807, 2.05) is 24.3 Å². The van der Waals surface area contributed by atoms with E-state index in [0.717, 1.165) is 5.56 Å². The standard InChI is InChI=1S/C12H15NO3/c1-8(2)10-5-3-9(4-6-10)7-13-11(14)12(15)16/h3-6,8H,7H2,1-2H3,(H,13,14)(H,15,16). The molecule has 0 aliphatic carbocycles. The van der Waals surface area contributed by atoms with Gasteiger partial charge in [0.25, 0.3) is 0 Å². The number of benzene rings is 1. The minimum atomic E-state index is -1.46. The molecule has 0 spiro atoms. The number of hydrogen-bond donors (Lipinski definition) is 2. The lowest BCUT2D eigenvalue weighted by molar-refractivity contribution is -0.150. The Hall–Kier alpha value is -1.84. The number of nitrogens with one attached hydrogen (secondary N) is 1. The molecule has 0 saturated carbocycles. The monoisotopic (exact) mass is 221 g/mol. The van der Waals surface area contributed by atoms with Gasteiger partial charge in [-0.05, 0) is 17.0 Å². The van der Waals surface area contributed by atoms with Crippen LogP contribution in [0.25, 0.3) is 0 Å². The molecular weight excluding hydrogens is 206 g/mol. The second-order valence-corrected chi connectivity index (χ2v) is 3.88. The van der Waals surface area contributed by atoms with Gasteiger partial charge in [-0.1, -0.05) is 38.1 Å². The van der Waals surface area contributed by atoms with E-state index in [0.29, 0.717) is 5.92 Å². The Morgan fingerprint density at radius 3 is 2.25 bits per heavy atom. The molecule has 1 aromatic carbocycles. The second-order valence-electron chi connectivity index (χ2n) is 3.88. The van der Waals surface area contributed by atoms with E-state index in [-0.39, 0.29) is 6.54 Å². The molecule has 0 unspecified atom stereocenters. The van der Waals surface area contributed by atoms with E-state index in [2.05, 4.69) is 19.2 Å². The van der Waals surface area contributed by atoms with Crippen LogP contribution in [0.5, 0.6) is 0 Å². The molecule has 0 radical (unpaired) electrons. The minimum Gasteiger partial charge on any atom is -0.474 e. The lowest BCUT2D eigenvalue weighted by Crippen LogP contribution is -2.30. The average molecular weight is 221 g/mol. The highest BCUT2D eigenvalue weighted by molar-refractivity contribution is 6.31. The van der Waals surface area contributed by atoms with Crippen LogP contribution in [0.3, 0.4) is 0 Å². The highest BCUT2D eigenvalue weighted by Gasteiger charge is 2.09. The topological polar surface area (TPSA) is 66.4 Å². The highest BCUT2D eigenvalue weighted by Crippen LogP contribution is 2.14. The van der Waals surface area contributed by atoms with Crippen molar-refractivity contribution < 1.29 is 14.7 Å². The number of carboxylic acids is 1. The number of carbonyl (C=O) groups excluding carboxylic acids is 1. The van der Waals surface area contributed by atoms with Crippen molar-refractivity contribution in [3.05, 3.63) is 35.4 Å². The fourth-order valence-electron chi connectivity index (χ4n) is 1.28. The van der Waals surface area contributed by atoms with Crippen molar-refractivity contribution >= 4 is 11.9 Å². The minimum absolute atomic E-state index is 0.240. The molecule has 2 N–H and O–H groups in total. The summed E-state index contributed by atoms with van der Waals surface area (Å²) >= 11 is 0. The van der Waals surface area contributed by atoms with Crippen molar-refractivity contribution in [1.29, 1.82) is 0 Å². The molecule has 4 heteroatoms. The number of aliphatic carboxylic acids is 1. The SMILES string of the molecule is CC(C)c1ccc(CNC(=O)C(=O)O)cc1. The maximum atomic E-state index is 10.8. The Morgan fingerprint density at radius 2 is 1.81 bits per heavy atom. The van der Waals surface area contributed by atoms with Gasteiger partial charge in [0.2, 0.25) is 0 Å². The fourth-order valence-corrected chi connectivity index (χ4v) is 1.28. The zero-order valence-electron chi connectivity index (χ0n) is 9.36. The number of amides is 1. The first-order valence-corrected chi connectivity index (χ1v) is 5.10. The van der Waals surface area contributed by atoms with Crippen LogP contribution in [0, 0.1) is 0 Å². The molecule has 0 aliphatic heterocycles. The van der Waals surface area contributed by atoms with Crippen molar-refractivity contribution in [2.24, 2.45) is 0 Å². The zero-order chi connectivity index (χ0) is 12.1. The van der Waals surface area contributed by atoms with Gasteiger partial charge in [-0.25, -0.2) is 4.79 Å². The predicted molar refractivity (Wildman–Crippen MR) is 60.0 cm³/mol. The summed E-state index contributed by atoms with van der Waals surface area (Å²) in [5, 5.41) is 10.7. The Kier molecular flexibility index (Phi) is 4.05. The number of hydrogen-bond acceptors (Lipinski definition) is 2. The molecular formula is C12H15NO3. The number of carbonyl (C=O) groups is 2. The van der Waals surface area contributed by atoms with Gasteiger partial charge in [0.1, 0.15) is 0 Å². The molecule has 86 valence electrons. The summed E-state index contributed by atoms with van der Waals surface area (Å²) in [4.78, 5) is 21.0. The summed E-state index contributed by atoms with van der Waals surface area (Å²) in [5.74, 6) is -1.98. The smallest absolute Gasteiger partial charge is 0.394 e. The zero-order valence-corrected chi connectivity index (χ0v) is 9.36. The average Bonchev–Trinajstić information content (AvgIpc) is 2.26. The van der Waals surface area contributed by atoms with Gasteiger partial charge in [0.05, 0.1) is 0 Å². The Labute approximate surface area is 94.3 Å². The van der Waals surface area contributed by atoms with Crippen LogP contribution in [0.15, 0.2) is 24.3 Å². The van der Waals surface area contributed by atoms with Crippen molar-refractivity contribution in [1.82, 2.24) is 5.32 Å². The first-order valence-electron chi connectivity index (χ1n) is 5.10. The van der Waals surface area contributed by atoms with Crippen molar-refractivity contribution in [2.45, 2.75) is 26.3 Å². The van der Waals surface area contributed by atoms with Gasteiger partial charge < -0.3 is 10.4 Å². The summed E-state index contributed by atoms with van der Waals surface area (Å²) in [6.07, 6.45) is 0. The molecule has 0 bridgehead atoms. The van der Waals surface area contributed by atoms with Gasteiger partial charge in [-0.2, -0.15) is 0 Å². The molecule has 0 atom stereocenters. The van der Waals surface area contributed by atoms with Crippen LogP contribution >= 0.6 is 0 Å². The molecule has 1 rings (SSSR count). The van der Waals surface area contributed by atoms with Gasteiger partial charge in [-0.15, -0.1) is 0 Å². The van der Waals surface area contributed by atoms with Crippen LogP contribution in [0.2, 0.25) is 0 Å². The molecule has 1 aromatic rings. The fraction of sp³-hybridized carbons (Fsp3) is 0.333. The van der Waals surface area contributed by atoms with Gasteiger partial charge in [-0.3, -0.25) is 4.79 Å². The molecule has 0 saturated heterocycles. The third-order valence-corrected chi connectivity index (χ3v) is 2.29. The molecule has 0 aromatic heterocycles. The van der Waals surface area contributed by atoms with E-state index < -0.39 is 11.9 Å². The Morgan fingerprint density at radius 1 is 1.25 bits per heavy atom. The third kappa shape index (κ3) is 3.38. The summed E-state index contributed by atoms with van der Waals surface area (Å²) in [7, 11) is 0. The van der Waals surface area contributed by atoms with E-state index in [9.17, 15) is 9.59 Å². The number of carboxylic acid groups (broad SMARTS) is 1. The number of rotatable bonds is 3.